The minimum atomic E-state index is -0.172. The van der Waals surface area contributed by atoms with E-state index in [1.807, 2.05) is 44.4 Å². The molecule has 0 aliphatic carbocycles. The van der Waals surface area contributed by atoms with E-state index in [9.17, 15) is 4.79 Å². The molecule has 6 nitrogen and oxygen atoms in total. The molecule has 0 bridgehead atoms. The number of methoxy groups -OCH3 is 1. The molecule has 1 aromatic carbocycles. The first kappa shape index (κ1) is 18.7. The van der Waals surface area contributed by atoms with Gasteiger partial charge in [-0.1, -0.05) is 18.2 Å². The van der Waals surface area contributed by atoms with Crippen LogP contribution in [-0.4, -0.2) is 56.6 Å². The van der Waals surface area contributed by atoms with Gasteiger partial charge in [0.05, 0.1) is 19.0 Å². The van der Waals surface area contributed by atoms with Crippen LogP contribution in [0.1, 0.15) is 16.1 Å². The molecule has 25 heavy (non-hydrogen) atoms. The normalized spacial score (nSPS) is 10.6. The summed E-state index contributed by atoms with van der Waals surface area (Å²) in [7, 11) is 5.70. The highest BCUT2D eigenvalue weighted by Crippen LogP contribution is 2.17. The molecule has 0 atom stereocenters. The number of aromatic nitrogens is 1. The predicted molar refractivity (Wildman–Crippen MR) is 100 cm³/mol. The Bertz CT molecular complexity index is 671. The number of amides is 1. The van der Waals surface area contributed by atoms with Gasteiger partial charge in [0, 0.05) is 19.6 Å². The summed E-state index contributed by atoms with van der Waals surface area (Å²) >= 11 is 0. The van der Waals surface area contributed by atoms with E-state index in [-0.39, 0.29) is 5.91 Å². The van der Waals surface area contributed by atoms with Crippen LogP contribution in [0.3, 0.4) is 0 Å². The highest BCUT2D eigenvalue weighted by atomic mass is 16.5. The number of carbonyl (C=O) groups excluding carboxylic acids is 1. The molecule has 0 unspecified atom stereocenters. The lowest BCUT2D eigenvalue weighted by atomic mass is 10.1. The zero-order chi connectivity index (χ0) is 18.1. The zero-order valence-electron chi connectivity index (χ0n) is 15.1. The van der Waals surface area contributed by atoms with Crippen LogP contribution < -0.4 is 15.4 Å². The lowest BCUT2D eigenvalue weighted by molar-refractivity contribution is 0.0949. The van der Waals surface area contributed by atoms with Crippen LogP contribution in [0.15, 0.2) is 42.6 Å². The molecular weight excluding hydrogens is 316 g/mol. The second kappa shape index (κ2) is 9.64. The third-order valence-electron chi connectivity index (χ3n) is 3.76. The van der Waals surface area contributed by atoms with Crippen molar-refractivity contribution in [2.45, 2.75) is 6.42 Å². The van der Waals surface area contributed by atoms with Crippen LogP contribution in [0.2, 0.25) is 0 Å². The largest absolute Gasteiger partial charge is 0.496 e. The zero-order valence-corrected chi connectivity index (χ0v) is 15.1. The number of para-hydroxylation sites is 1. The monoisotopic (exact) mass is 342 g/mol. The van der Waals surface area contributed by atoms with Crippen molar-refractivity contribution in [2.75, 3.05) is 46.2 Å². The van der Waals surface area contributed by atoms with Gasteiger partial charge in [-0.3, -0.25) is 4.79 Å². The SMILES string of the molecule is COc1ccccc1CCNC(=O)c1ccc(NCCN(C)C)cn1. The number of hydrogen-bond acceptors (Lipinski definition) is 5. The molecule has 0 spiro atoms. The summed E-state index contributed by atoms with van der Waals surface area (Å²) in [5, 5.41) is 6.16. The van der Waals surface area contributed by atoms with Crippen molar-refractivity contribution >= 4 is 11.6 Å². The van der Waals surface area contributed by atoms with E-state index >= 15 is 0 Å². The fraction of sp³-hybridized carbons (Fsp3) is 0.368. The van der Waals surface area contributed by atoms with Crippen molar-refractivity contribution in [3.05, 3.63) is 53.9 Å². The first-order chi connectivity index (χ1) is 12.1. The lowest BCUT2D eigenvalue weighted by Crippen LogP contribution is -2.26. The highest BCUT2D eigenvalue weighted by molar-refractivity contribution is 5.92. The van der Waals surface area contributed by atoms with Gasteiger partial charge in [-0.15, -0.1) is 0 Å². The molecule has 0 saturated carbocycles. The van der Waals surface area contributed by atoms with E-state index in [0.29, 0.717) is 18.7 Å². The van der Waals surface area contributed by atoms with Crippen LogP contribution in [0.4, 0.5) is 5.69 Å². The summed E-state index contributed by atoms with van der Waals surface area (Å²) in [5.74, 6) is 0.665. The Morgan fingerprint density at radius 3 is 2.64 bits per heavy atom. The number of hydrogen-bond donors (Lipinski definition) is 2. The van der Waals surface area contributed by atoms with Crippen LogP contribution >= 0.6 is 0 Å². The number of nitrogens with zero attached hydrogens (tertiary/aromatic N) is 2. The molecule has 0 fully saturated rings. The molecule has 1 heterocycles. The second-order valence-electron chi connectivity index (χ2n) is 5.98. The average molecular weight is 342 g/mol. The maximum atomic E-state index is 12.2. The van der Waals surface area contributed by atoms with Gasteiger partial charge < -0.3 is 20.3 Å². The number of likely N-dealkylation sites (N-methyl/N-ethyl adjacent to an activating group) is 1. The van der Waals surface area contributed by atoms with Crippen molar-refractivity contribution in [1.82, 2.24) is 15.2 Å². The van der Waals surface area contributed by atoms with Crippen LogP contribution in [0.25, 0.3) is 0 Å². The van der Waals surface area contributed by atoms with Crippen molar-refractivity contribution in [3.8, 4) is 5.75 Å². The van der Waals surface area contributed by atoms with Gasteiger partial charge in [0.25, 0.3) is 5.91 Å². The van der Waals surface area contributed by atoms with E-state index in [2.05, 4.69) is 20.5 Å². The number of pyridine rings is 1. The molecular formula is C19H26N4O2. The predicted octanol–water partition coefficient (Wildman–Crippen LogP) is 2.04. The molecule has 2 aromatic rings. The van der Waals surface area contributed by atoms with Gasteiger partial charge in [0.1, 0.15) is 11.4 Å². The number of rotatable bonds is 9. The van der Waals surface area contributed by atoms with Crippen molar-refractivity contribution in [2.24, 2.45) is 0 Å². The Balaban J connectivity index is 1.80. The maximum Gasteiger partial charge on any atom is 0.269 e. The Morgan fingerprint density at radius 2 is 1.96 bits per heavy atom. The van der Waals surface area contributed by atoms with Crippen molar-refractivity contribution < 1.29 is 9.53 Å². The minimum Gasteiger partial charge on any atom is -0.496 e. The van der Waals surface area contributed by atoms with Gasteiger partial charge >= 0.3 is 0 Å². The smallest absolute Gasteiger partial charge is 0.269 e. The second-order valence-corrected chi connectivity index (χ2v) is 5.98. The third kappa shape index (κ3) is 6.08. The maximum absolute atomic E-state index is 12.2. The fourth-order valence-electron chi connectivity index (χ4n) is 2.37. The quantitative estimate of drug-likeness (QED) is 0.730. The van der Waals surface area contributed by atoms with Gasteiger partial charge in [0.15, 0.2) is 0 Å². The van der Waals surface area contributed by atoms with Crippen LogP contribution in [-0.2, 0) is 6.42 Å². The molecule has 1 amide bonds. The molecule has 0 aliphatic rings. The van der Waals surface area contributed by atoms with Gasteiger partial charge in [-0.05, 0) is 44.3 Å². The molecule has 1 aromatic heterocycles. The fourth-order valence-corrected chi connectivity index (χ4v) is 2.37. The van der Waals surface area contributed by atoms with E-state index in [0.717, 1.165) is 30.1 Å². The Kier molecular flexibility index (Phi) is 7.22. The first-order valence-electron chi connectivity index (χ1n) is 8.35. The van der Waals surface area contributed by atoms with Crippen LogP contribution in [0, 0.1) is 0 Å². The number of anilines is 1. The molecule has 6 heteroatoms. The van der Waals surface area contributed by atoms with Crippen LogP contribution in [0.5, 0.6) is 5.75 Å². The van der Waals surface area contributed by atoms with Gasteiger partial charge in [0.2, 0.25) is 0 Å². The molecule has 134 valence electrons. The molecule has 0 saturated heterocycles. The highest BCUT2D eigenvalue weighted by Gasteiger charge is 2.08. The Labute approximate surface area is 149 Å². The molecule has 0 aliphatic heterocycles. The van der Waals surface area contributed by atoms with E-state index in [4.69, 9.17) is 4.74 Å². The van der Waals surface area contributed by atoms with E-state index in [1.165, 1.54) is 0 Å². The number of carbonyl (C=O) groups is 1. The Morgan fingerprint density at radius 1 is 1.16 bits per heavy atom. The molecule has 2 N–H and O–H groups in total. The number of ether oxygens (including phenoxy) is 1. The minimum absolute atomic E-state index is 0.172. The molecule has 0 radical (unpaired) electrons. The van der Waals surface area contributed by atoms with Crippen molar-refractivity contribution in [1.29, 1.82) is 0 Å². The van der Waals surface area contributed by atoms with E-state index in [1.54, 1.807) is 19.4 Å². The standard InChI is InChI=1S/C19H26N4O2/c1-23(2)13-12-20-16-8-9-17(22-14-16)19(24)21-11-10-15-6-4-5-7-18(15)25-3/h4-9,14,20H,10-13H2,1-3H3,(H,21,24). The van der Waals surface area contributed by atoms with E-state index < -0.39 is 0 Å². The topological polar surface area (TPSA) is 66.5 Å². The molecule has 2 rings (SSSR count). The summed E-state index contributed by atoms with van der Waals surface area (Å²) in [4.78, 5) is 18.5. The van der Waals surface area contributed by atoms with Gasteiger partial charge in [-0.25, -0.2) is 4.98 Å². The number of nitrogens with one attached hydrogen (secondary N) is 2. The summed E-state index contributed by atoms with van der Waals surface area (Å²) in [5.41, 5.74) is 2.39. The summed E-state index contributed by atoms with van der Waals surface area (Å²) in [6.45, 7) is 2.30. The van der Waals surface area contributed by atoms with Gasteiger partial charge in [-0.2, -0.15) is 0 Å². The summed E-state index contributed by atoms with van der Waals surface area (Å²) in [6.07, 6.45) is 2.39. The third-order valence-corrected chi connectivity index (χ3v) is 3.76. The van der Waals surface area contributed by atoms with Crippen molar-refractivity contribution in [3.63, 3.8) is 0 Å². The number of benzene rings is 1. The first-order valence-corrected chi connectivity index (χ1v) is 8.35. The lowest BCUT2D eigenvalue weighted by Gasteiger charge is -2.11. The average Bonchev–Trinajstić information content (AvgIpc) is 2.62. The Hall–Kier alpha value is -2.60. The summed E-state index contributed by atoms with van der Waals surface area (Å²) < 4.78 is 5.31. The summed E-state index contributed by atoms with van der Waals surface area (Å²) in [6, 6.07) is 11.4.